The van der Waals surface area contributed by atoms with Gasteiger partial charge in [-0.05, 0) is 31.1 Å². The second-order valence-electron chi connectivity index (χ2n) is 5.67. The van der Waals surface area contributed by atoms with E-state index in [1.165, 1.54) is 0 Å². The van der Waals surface area contributed by atoms with E-state index in [4.69, 9.17) is 0 Å². The molecule has 2 rings (SSSR count). The molecule has 1 aliphatic rings. The number of halogens is 3. The summed E-state index contributed by atoms with van der Waals surface area (Å²) in [4.78, 5) is 3.27. The van der Waals surface area contributed by atoms with Gasteiger partial charge in [0.2, 0.25) is 0 Å². The Hall–Kier alpha value is -1.26. The van der Waals surface area contributed by atoms with Crippen LogP contribution in [0.1, 0.15) is 39.5 Å². The molecule has 1 aromatic heterocycles. The lowest BCUT2D eigenvalue weighted by atomic mass is 9.75. The molecule has 100 valence electrons. The van der Waals surface area contributed by atoms with Gasteiger partial charge in [-0.2, -0.15) is 9.37 Å². The molecule has 5 heteroatoms. The molecule has 1 saturated carbocycles. The standard InChI is InChI=1S/C13H17F3N2/c1-13(2)5-3-8(4-6-13)17-12-10(15)7-9(14)11(16)18-12/h7-8H,3-6H2,1-2H3,(H,17,18). The van der Waals surface area contributed by atoms with Crippen LogP contribution in [-0.4, -0.2) is 11.0 Å². The molecule has 2 nitrogen and oxygen atoms in total. The molecule has 0 spiro atoms. The Morgan fingerprint density at radius 2 is 1.78 bits per heavy atom. The van der Waals surface area contributed by atoms with Gasteiger partial charge in [0.25, 0.3) is 5.95 Å². The zero-order valence-corrected chi connectivity index (χ0v) is 10.6. The Labute approximate surface area is 105 Å². The van der Waals surface area contributed by atoms with Gasteiger partial charge in [-0.15, -0.1) is 0 Å². The van der Waals surface area contributed by atoms with Crippen LogP contribution in [0.25, 0.3) is 0 Å². The minimum Gasteiger partial charge on any atom is -0.365 e. The van der Waals surface area contributed by atoms with E-state index < -0.39 is 17.6 Å². The SMILES string of the molecule is CC1(C)CCC(Nc2nc(F)c(F)cc2F)CC1. The topological polar surface area (TPSA) is 24.9 Å². The summed E-state index contributed by atoms with van der Waals surface area (Å²) in [6, 6.07) is 0.599. The first kappa shape index (κ1) is 13.2. The van der Waals surface area contributed by atoms with Gasteiger partial charge >= 0.3 is 0 Å². The van der Waals surface area contributed by atoms with Crippen molar-refractivity contribution in [2.75, 3.05) is 5.32 Å². The fraction of sp³-hybridized carbons (Fsp3) is 0.615. The van der Waals surface area contributed by atoms with Gasteiger partial charge in [0.15, 0.2) is 17.5 Å². The van der Waals surface area contributed by atoms with Crippen molar-refractivity contribution < 1.29 is 13.2 Å². The van der Waals surface area contributed by atoms with Crippen molar-refractivity contribution in [3.05, 3.63) is 23.6 Å². The second kappa shape index (κ2) is 4.78. The Balaban J connectivity index is 2.04. The molecule has 1 aromatic rings. The Bertz CT molecular complexity index is 436. The van der Waals surface area contributed by atoms with E-state index in [1.807, 2.05) is 0 Å². The van der Waals surface area contributed by atoms with Crippen LogP contribution in [0.2, 0.25) is 0 Å². The van der Waals surface area contributed by atoms with Crippen molar-refractivity contribution >= 4 is 5.82 Å². The second-order valence-corrected chi connectivity index (χ2v) is 5.67. The van der Waals surface area contributed by atoms with Gasteiger partial charge in [-0.3, -0.25) is 0 Å². The average Bonchev–Trinajstić information content (AvgIpc) is 2.28. The summed E-state index contributed by atoms with van der Waals surface area (Å²) in [5.74, 6) is -3.57. The van der Waals surface area contributed by atoms with Gasteiger partial charge in [0.1, 0.15) is 0 Å². The van der Waals surface area contributed by atoms with Gasteiger partial charge < -0.3 is 5.32 Å². The molecule has 1 aliphatic carbocycles. The summed E-state index contributed by atoms with van der Waals surface area (Å²) in [7, 11) is 0. The minimum absolute atomic E-state index is 0.0740. The number of hydrogen-bond donors (Lipinski definition) is 1. The maximum absolute atomic E-state index is 13.4. The van der Waals surface area contributed by atoms with E-state index >= 15 is 0 Å². The smallest absolute Gasteiger partial charge is 0.251 e. The van der Waals surface area contributed by atoms with E-state index in [-0.39, 0.29) is 11.9 Å². The van der Waals surface area contributed by atoms with Gasteiger partial charge in [-0.1, -0.05) is 13.8 Å². The Morgan fingerprint density at radius 1 is 1.17 bits per heavy atom. The highest BCUT2D eigenvalue weighted by Crippen LogP contribution is 2.36. The molecule has 0 radical (unpaired) electrons. The predicted octanol–water partition coefficient (Wildman–Crippen LogP) is 3.88. The quantitative estimate of drug-likeness (QED) is 0.814. The van der Waals surface area contributed by atoms with Crippen LogP contribution in [-0.2, 0) is 0 Å². The number of pyridine rings is 1. The van der Waals surface area contributed by atoms with Crippen molar-refractivity contribution in [2.24, 2.45) is 5.41 Å². The number of nitrogens with zero attached hydrogens (tertiary/aromatic N) is 1. The molecule has 0 bridgehead atoms. The lowest BCUT2D eigenvalue weighted by Gasteiger charge is -2.34. The third kappa shape index (κ3) is 2.94. The maximum atomic E-state index is 13.4. The maximum Gasteiger partial charge on any atom is 0.251 e. The molecule has 0 saturated heterocycles. The largest absolute Gasteiger partial charge is 0.365 e. The molecular formula is C13H17F3N2. The fourth-order valence-corrected chi connectivity index (χ4v) is 2.28. The zero-order chi connectivity index (χ0) is 13.3. The van der Waals surface area contributed by atoms with E-state index in [9.17, 15) is 13.2 Å². The summed E-state index contributed by atoms with van der Waals surface area (Å²) >= 11 is 0. The fourth-order valence-electron chi connectivity index (χ4n) is 2.28. The first-order chi connectivity index (χ1) is 8.37. The van der Waals surface area contributed by atoms with Crippen LogP contribution in [0.5, 0.6) is 0 Å². The number of anilines is 1. The minimum atomic E-state index is -1.27. The molecule has 0 atom stereocenters. The van der Waals surface area contributed by atoms with Crippen LogP contribution in [0.15, 0.2) is 6.07 Å². The zero-order valence-electron chi connectivity index (χ0n) is 10.6. The number of nitrogens with one attached hydrogen (secondary N) is 1. The van der Waals surface area contributed by atoms with E-state index in [0.717, 1.165) is 25.7 Å². The van der Waals surface area contributed by atoms with Crippen LogP contribution < -0.4 is 5.32 Å². The molecule has 1 fully saturated rings. The van der Waals surface area contributed by atoms with Crippen LogP contribution in [0.3, 0.4) is 0 Å². The normalized spacial score (nSPS) is 19.8. The van der Waals surface area contributed by atoms with Crippen molar-refractivity contribution in [2.45, 2.75) is 45.6 Å². The number of rotatable bonds is 2. The highest BCUT2D eigenvalue weighted by molar-refractivity contribution is 5.37. The molecule has 0 amide bonds. The summed E-state index contributed by atoms with van der Waals surface area (Å²) in [6.45, 7) is 4.39. The first-order valence-corrected chi connectivity index (χ1v) is 6.15. The molecule has 0 aliphatic heterocycles. The average molecular weight is 258 g/mol. The van der Waals surface area contributed by atoms with Crippen molar-refractivity contribution in [1.82, 2.24) is 4.98 Å². The number of aromatic nitrogens is 1. The molecule has 18 heavy (non-hydrogen) atoms. The molecular weight excluding hydrogens is 241 g/mol. The van der Waals surface area contributed by atoms with Crippen LogP contribution in [0, 0.1) is 23.0 Å². The van der Waals surface area contributed by atoms with Gasteiger partial charge in [0, 0.05) is 12.1 Å². The van der Waals surface area contributed by atoms with Crippen LogP contribution >= 0.6 is 0 Å². The van der Waals surface area contributed by atoms with E-state index in [1.54, 1.807) is 0 Å². The van der Waals surface area contributed by atoms with Gasteiger partial charge in [0.05, 0.1) is 0 Å². The predicted molar refractivity (Wildman–Crippen MR) is 63.8 cm³/mol. The van der Waals surface area contributed by atoms with E-state index in [0.29, 0.717) is 11.5 Å². The number of hydrogen-bond acceptors (Lipinski definition) is 2. The lowest BCUT2D eigenvalue weighted by molar-refractivity contribution is 0.232. The van der Waals surface area contributed by atoms with Crippen molar-refractivity contribution in [3.8, 4) is 0 Å². The lowest BCUT2D eigenvalue weighted by Crippen LogP contribution is -2.30. The summed E-state index contributed by atoms with van der Waals surface area (Å²) < 4.78 is 39.1. The summed E-state index contributed by atoms with van der Waals surface area (Å²) in [5, 5.41) is 2.86. The van der Waals surface area contributed by atoms with Crippen molar-refractivity contribution in [3.63, 3.8) is 0 Å². The molecule has 0 unspecified atom stereocenters. The molecule has 0 aromatic carbocycles. The third-order valence-corrected chi connectivity index (χ3v) is 3.57. The third-order valence-electron chi connectivity index (χ3n) is 3.57. The highest BCUT2D eigenvalue weighted by atomic mass is 19.2. The summed E-state index contributed by atoms with van der Waals surface area (Å²) in [5.41, 5.74) is 0.304. The monoisotopic (exact) mass is 258 g/mol. The Kier molecular flexibility index (Phi) is 3.50. The molecule has 1 N–H and O–H groups in total. The highest BCUT2D eigenvalue weighted by Gasteiger charge is 2.27. The first-order valence-electron chi connectivity index (χ1n) is 6.15. The Morgan fingerprint density at radius 3 is 2.39 bits per heavy atom. The molecule has 1 heterocycles. The van der Waals surface area contributed by atoms with Crippen molar-refractivity contribution in [1.29, 1.82) is 0 Å². The summed E-state index contributed by atoms with van der Waals surface area (Å²) in [6.07, 6.45) is 3.81. The van der Waals surface area contributed by atoms with Gasteiger partial charge in [-0.25, -0.2) is 8.78 Å². The van der Waals surface area contributed by atoms with Crippen LogP contribution in [0.4, 0.5) is 19.0 Å². The van der Waals surface area contributed by atoms with E-state index in [2.05, 4.69) is 24.1 Å².